The van der Waals surface area contributed by atoms with E-state index in [1.807, 2.05) is 7.05 Å². The van der Waals surface area contributed by atoms with Gasteiger partial charge in [-0.15, -0.1) is 0 Å². The van der Waals surface area contributed by atoms with Crippen LogP contribution in [0.1, 0.15) is 38.2 Å². The van der Waals surface area contributed by atoms with Crippen LogP contribution >= 0.6 is 0 Å². The molecular weight excluding hydrogens is 354 g/mol. The Morgan fingerprint density at radius 1 is 1.21 bits per heavy atom. The van der Waals surface area contributed by atoms with Crippen LogP contribution in [0.25, 0.3) is 0 Å². The number of ether oxygens (including phenoxy) is 3. The molecule has 0 aromatic heterocycles. The van der Waals surface area contributed by atoms with Crippen molar-refractivity contribution in [1.29, 1.82) is 0 Å². The van der Waals surface area contributed by atoms with Gasteiger partial charge in [0.2, 0.25) is 0 Å². The average Bonchev–Trinajstić information content (AvgIpc) is 2.76. The summed E-state index contributed by atoms with van der Waals surface area (Å²) in [4.78, 5) is 6.92. The molecule has 2 heterocycles. The number of nitrogens with zero attached hydrogens (tertiary/aromatic N) is 2. The largest absolute Gasteiger partial charge is 0.497 e. The number of hydrogen-bond donors (Lipinski definition) is 1. The second kappa shape index (κ2) is 10.1. The fourth-order valence-corrected chi connectivity index (χ4v) is 4.32. The Labute approximate surface area is 169 Å². The second-order valence-corrected chi connectivity index (χ2v) is 7.66. The molecule has 0 radical (unpaired) electrons. The van der Waals surface area contributed by atoms with Gasteiger partial charge in [-0.05, 0) is 50.3 Å². The number of benzene rings is 1. The molecule has 0 spiro atoms. The number of guanidine groups is 1. The van der Waals surface area contributed by atoms with Crippen molar-refractivity contribution in [3.63, 3.8) is 0 Å². The first-order chi connectivity index (χ1) is 13.7. The zero-order valence-electron chi connectivity index (χ0n) is 17.6. The molecule has 6 heteroatoms. The van der Waals surface area contributed by atoms with Gasteiger partial charge in [-0.2, -0.15) is 0 Å². The van der Waals surface area contributed by atoms with Crippen LogP contribution < -0.4 is 10.1 Å². The maximum atomic E-state index is 5.78. The molecule has 0 saturated carbocycles. The zero-order valence-corrected chi connectivity index (χ0v) is 17.6. The fraction of sp³-hybridized carbons (Fsp3) is 0.682. The fourth-order valence-electron chi connectivity index (χ4n) is 4.32. The highest BCUT2D eigenvalue weighted by Crippen LogP contribution is 2.35. The Kier molecular flexibility index (Phi) is 7.57. The van der Waals surface area contributed by atoms with Gasteiger partial charge in [0.25, 0.3) is 0 Å². The van der Waals surface area contributed by atoms with Crippen molar-refractivity contribution in [3.8, 4) is 5.75 Å². The monoisotopic (exact) mass is 389 g/mol. The van der Waals surface area contributed by atoms with Crippen LogP contribution in [-0.4, -0.2) is 70.6 Å². The van der Waals surface area contributed by atoms with Gasteiger partial charge in [0.05, 0.1) is 13.2 Å². The molecule has 156 valence electrons. The summed E-state index contributed by atoms with van der Waals surface area (Å²) in [6.07, 6.45) is 4.53. The van der Waals surface area contributed by atoms with Gasteiger partial charge in [-0.1, -0.05) is 12.1 Å². The van der Waals surface area contributed by atoms with E-state index in [1.54, 1.807) is 7.11 Å². The lowest BCUT2D eigenvalue weighted by molar-refractivity contribution is 0.0259. The quantitative estimate of drug-likeness (QED) is 0.599. The maximum absolute atomic E-state index is 5.78. The van der Waals surface area contributed by atoms with Crippen LogP contribution in [0.5, 0.6) is 5.75 Å². The van der Waals surface area contributed by atoms with E-state index in [1.165, 1.54) is 5.56 Å². The Bertz CT molecular complexity index is 618. The molecule has 0 unspecified atom stereocenters. The van der Waals surface area contributed by atoms with Crippen molar-refractivity contribution in [1.82, 2.24) is 10.2 Å². The van der Waals surface area contributed by atoms with Gasteiger partial charge in [0, 0.05) is 51.9 Å². The van der Waals surface area contributed by atoms with Crippen molar-refractivity contribution in [3.05, 3.63) is 29.8 Å². The minimum atomic E-state index is 0.0596. The van der Waals surface area contributed by atoms with E-state index in [2.05, 4.69) is 46.4 Å². The Morgan fingerprint density at radius 3 is 2.46 bits per heavy atom. The van der Waals surface area contributed by atoms with Crippen LogP contribution in [0.4, 0.5) is 0 Å². The van der Waals surface area contributed by atoms with E-state index in [9.17, 15) is 0 Å². The topological polar surface area (TPSA) is 55.3 Å². The lowest BCUT2D eigenvalue weighted by Crippen LogP contribution is -2.51. The second-order valence-electron chi connectivity index (χ2n) is 7.66. The molecule has 6 nitrogen and oxygen atoms in total. The van der Waals surface area contributed by atoms with Gasteiger partial charge < -0.3 is 24.4 Å². The number of aliphatic imine (C=N–C) groups is 1. The molecule has 3 rings (SSSR count). The molecule has 1 N–H and O–H groups in total. The highest BCUT2D eigenvalue weighted by atomic mass is 16.5. The first-order valence-corrected chi connectivity index (χ1v) is 10.5. The van der Waals surface area contributed by atoms with Crippen LogP contribution in [0.15, 0.2) is 29.3 Å². The zero-order chi connectivity index (χ0) is 19.8. The lowest BCUT2D eigenvalue weighted by atomic mass is 9.74. The number of likely N-dealkylation sites (tertiary alicyclic amines) is 1. The van der Waals surface area contributed by atoms with Crippen LogP contribution in [0.3, 0.4) is 0 Å². The van der Waals surface area contributed by atoms with E-state index >= 15 is 0 Å². The summed E-state index contributed by atoms with van der Waals surface area (Å²) in [6.45, 7) is 7.30. The normalized spacial score (nSPS) is 20.8. The van der Waals surface area contributed by atoms with E-state index in [4.69, 9.17) is 14.2 Å². The smallest absolute Gasteiger partial charge is 0.193 e. The van der Waals surface area contributed by atoms with Crippen LogP contribution in [0, 0.1) is 0 Å². The van der Waals surface area contributed by atoms with Crippen molar-refractivity contribution >= 4 is 5.96 Å². The summed E-state index contributed by atoms with van der Waals surface area (Å²) in [5.41, 5.74) is 1.40. The number of nitrogens with one attached hydrogen (secondary N) is 1. The van der Waals surface area contributed by atoms with E-state index in [-0.39, 0.29) is 5.41 Å². The van der Waals surface area contributed by atoms with Crippen molar-refractivity contribution in [2.45, 2.75) is 44.1 Å². The lowest BCUT2D eigenvalue weighted by Gasteiger charge is -2.40. The molecule has 0 atom stereocenters. The summed E-state index contributed by atoms with van der Waals surface area (Å²) in [6, 6.07) is 8.50. The van der Waals surface area contributed by atoms with Crippen molar-refractivity contribution in [2.24, 2.45) is 4.99 Å². The predicted octanol–water partition coefficient (Wildman–Crippen LogP) is 2.82. The molecule has 1 aromatic carbocycles. The van der Waals surface area contributed by atoms with Crippen LogP contribution in [0.2, 0.25) is 0 Å². The van der Waals surface area contributed by atoms with E-state index in [0.29, 0.717) is 6.10 Å². The third kappa shape index (κ3) is 4.97. The minimum Gasteiger partial charge on any atom is -0.497 e. The molecule has 2 fully saturated rings. The molecule has 28 heavy (non-hydrogen) atoms. The predicted molar refractivity (Wildman–Crippen MR) is 112 cm³/mol. The summed E-state index contributed by atoms with van der Waals surface area (Å²) < 4.78 is 16.8. The molecule has 0 amide bonds. The Hall–Kier alpha value is -1.79. The van der Waals surface area contributed by atoms with Crippen molar-refractivity contribution in [2.75, 3.05) is 53.6 Å². The number of methoxy groups -OCH3 is 1. The minimum absolute atomic E-state index is 0.0596. The highest BCUT2D eigenvalue weighted by molar-refractivity contribution is 5.80. The highest BCUT2D eigenvalue weighted by Gasteiger charge is 2.35. The summed E-state index contributed by atoms with van der Waals surface area (Å²) in [5, 5.41) is 3.67. The van der Waals surface area contributed by atoms with Gasteiger partial charge in [-0.25, -0.2) is 0 Å². The molecule has 0 aliphatic carbocycles. The third-order valence-corrected chi connectivity index (χ3v) is 6.09. The molecule has 0 bridgehead atoms. The van der Waals surface area contributed by atoms with Gasteiger partial charge in [-0.3, -0.25) is 4.99 Å². The van der Waals surface area contributed by atoms with E-state index in [0.717, 1.165) is 76.8 Å². The van der Waals surface area contributed by atoms with Gasteiger partial charge in [0.1, 0.15) is 5.75 Å². The summed E-state index contributed by atoms with van der Waals surface area (Å²) >= 11 is 0. The standard InChI is InChI=1S/C22H35N3O3/c1-4-28-20-9-13-25(14-10-20)21(23-2)24-17-22(11-15-27-16-12-22)18-5-7-19(26-3)8-6-18/h5-8,20H,4,9-17H2,1-3H3,(H,23,24). The first-order valence-electron chi connectivity index (χ1n) is 10.5. The van der Waals surface area contributed by atoms with Crippen LogP contribution in [-0.2, 0) is 14.9 Å². The summed E-state index contributed by atoms with van der Waals surface area (Å²) in [7, 11) is 3.58. The first kappa shape index (κ1) is 20.9. The SMILES string of the molecule is CCOC1CCN(C(=NC)NCC2(c3ccc(OC)cc3)CCOCC2)CC1. The third-order valence-electron chi connectivity index (χ3n) is 6.09. The molecule has 2 aliphatic heterocycles. The van der Waals surface area contributed by atoms with E-state index < -0.39 is 0 Å². The molecule has 2 saturated heterocycles. The molecular formula is C22H35N3O3. The molecule has 2 aliphatic rings. The number of hydrogen-bond acceptors (Lipinski definition) is 4. The maximum Gasteiger partial charge on any atom is 0.193 e. The average molecular weight is 390 g/mol. The molecule has 1 aromatic rings. The van der Waals surface area contributed by atoms with Crippen molar-refractivity contribution < 1.29 is 14.2 Å². The number of rotatable bonds is 6. The Balaban J connectivity index is 1.65. The summed E-state index contributed by atoms with van der Waals surface area (Å²) in [5.74, 6) is 1.89. The van der Waals surface area contributed by atoms with Gasteiger partial charge in [0.15, 0.2) is 5.96 Å². The van der Waals surface area contributed by atoms with Gasteiger partial charge >= 0.3 is 0 Å². The Morgan fingerprint density at radius 2 is 1.89 bits per heavy atom. The number of piperidine rings is 1.